The van der Waals surface area contributed by atoms with Crippen molar-refractivity contribution in [2.24, 2.45) is 0 Å². The molecule has 0 unspecified atom stereocenters. The number of hydrogen-bond acceptors (Lipinski definition) is 6. The summed E-state index contributed by atoms with van der Waals surface area (Å²) in [6.07, 6.45) is 3.91. The number of hydrogen-bond donors (Lipinski definition) is 0. The van der Waals surface area contributed by atoms with Crippen LogP contribution < -0.4 is 0 Å². The lowest BCUT2D eigenvalue weighted by atomic mass is 10.2. The van der Waals surface area contributed by atoms with Gasteiger partial charge in [0.1, 0.15) is 5.56 Å². The summed E-state index contributed by atoms with van der Waals surface area (Å²) in [4.78, 5) is 18.7. The maximum Gasteiger partial charge on any atom is 0.341 e. The van der Waals surface area contributed by atoms with Crippen LogP contribution in [0.5, 0.6) is 0 Å². The van der Waals surface area contributed by atoms with E-state index in [1.807, 2.05) is 12.3 Å². The van der Waals surface area contributed by atoms with Gasteiger partial charge in [-0.1, -0.05) is 0 Å². The Kier molecular flexibility index (Phi) is 5.45. The second kappa shape index (κ2) is 7.76. The first kappa shape index (κ1) is 17.6. The molecule has 7 nitrogen and oxygen atoms in total. The van der Waals surface area contributed by atoms with Crippen LogP contribution in [0.15, 0.2) is 30.6 Å². The standard InChI is InChI=1S/C18H24N4O3/c1-4-24-18(23)16-6-5-8-19-17(16)22-9-7-15(20-22)12-21-10-13(2)25-14(3)11-21/h5-9,13-14H,4,10-12H2,1-3H3/t13-,14-/m1/s1. The summed E-state index contributed by atoms with van der Waals surface area (Å²) in [5.74, 6) is 0.0920. The van der Waals surface area contributed by atoms with Crippen molar-refractivity contribution in [2.45, 2.75) is 39.5 Å². The van der Waals surface area contributed by atoms with Gasteiger partial charge in [-0.25, -0.2) is 14.5 Å². The molecule has 25 heavy (non-hydrogen) atoms. The van der Waals surface area contributed by atoms with E-state index >= 15 is 0 Å². The van der Waals surface area contributed by atoms with Crippen LogP contribution in [-0.2, 0) is 16.0 Å². The van der Waals surface area contributed by atoms with Gasteiger partial charge >= 0.3 is 5.97 Å². The summed E-state index contributed by atoms with van der Waals surface area (Å²) in [6, 6.07) is 5.37. The average molecular weight is 344 g/mol. The molecule has 1 aliphatic rings. The maximum atomic E-state index is 12.1. The molecule has 0 aliphatic carbocycles. The highest BCUT2D eigenvalue weighted by atomic mass is 16.5. The van der Waals surface area contributed by atoms with Gasteiger partial charge in [-0.3, -0.25) is 4.90 Å². The molecule has 1 saturated heterocycles. The van der Waals surface area contributed by atoms with Crippen molar-refractivity contribution in [3.05, 3.63) is 41.9 Å². The predicted octanol–water partition coefficient (Wildman–Crippen LogP) is 2.05. The van der Waals surface area contributed by atoms with Crippen LogP contribution in [-0.4, -0.2) is 57.5 Å². The summed E-state index contributed by atoms with van der Waals surface area (Å²) in [7, 11) is 0. The molecule has 0 amide bonds. The molecule has 2 aromatic heterocycles. The topological polar surface area (TPSA) is 69.5 Å². The number of rotatable bonds is 5. The number of carbonyl (C=O) groups excluding carboxylic acids is 1. The van der Waals surface area contributed by atoms with Gasteiger partial charge in [-0.05, 0) is 39.0 Å². The van der Waals surface area contributed by atoms with Crippen molar-refractivity contribution in [1.82, 2.24) is 19.7 Å². The Morgan fingerprint density at radius 3 is 2.80 bits per heavy atom. The van der Waals surface area contributed by atoms with Gasteiger partial charge in [0.05, 0.1) is 24.5 Å². The predicted molar refractivity (Wildman–Crippen MR) is 92.6 cm³/mol. The summed E-state index contributed by atoms with van der Waals surface area (Å²) < 4.78 is 12.5. The fraction of sp³-hybridized carbons (Fsp3) is 0.500. The number of morpholine rings is 1. The molecule has 0 saturated carbocycles. The lowest BCUT2D eigenvalue weighted by molar-refractivity contribution is -0.0707. The molecule has 2 aromatic rings. The van der Waals surface area contributed by atoms with Crippen LogP contribution in [0.3, 0.4) is 0 Å². The van der Waals surface area contributed by atoms with Crippen molar-refractivity contribution >= 4 is 5.97 Å². The van der Waals surface area contributed by atoms with Crippen LogP contribution in [0.25, 0.3) is 5.82 Å². The van der Waals surface area contributed by atoms with E-state index in [0.717, 1.165) is 25.3 Å². The fourth-order valence-electron chi connectivity index (χ4n) is 3.15. The van der Waals surface area contributed by atoms with E-state index in [1.165, 1.54) is 0 Å². The first-order valence-corrected chi connectivity index (χ1v) is 8.61. The van der Waals surface area contributed by atoms with Crippen molar-refractivity contribution in [3.63, 3.8) is 0 Å². The number of carbonyl (C=O) groups is 1. The molecule has 134 valence electrons. The highest BCUT2D eigenvalue weighted by molar-refractivity contribution is 5.92. The number of ether oxygens (including phenoxy) is 2. The summed E-state index contributed by atoms with van der Waals surface area (Å²) in [5.41, 5.74) is 1.34. The third-order valence-corrected chi connectivity index (χ3v) is 4.02. The van der Waals surface area contributed by atoms with Crippen LogP contribution in [0, 0.1) is 0 Å². The Bertz CT molecular complexity index is 721. The van der Waals surface area contributed by atoms with E-state index in [4.69, 9.17) is 9.47 Å². The largest absolute Gasteiger partial charge is 0.462 e. The van der Waals surface area contributed by atoms with Gasteiger partial charge in [0, 0.05) is 32.0 Å². The second-order valence-electron chi connectivity index (χ2n) is 6.30. The Morgan fingerprint density at radius 2 is 2.08 bits per heavy atom. The third-order valence-electron chi connectivity index (χ3n) is 4.02. The van der Waals surface area contributed by atoms with Crippen molar-refractivity contribution in [2.75, 3.05) is 19.7 Å². The minimum Gasteiger partial charge on any atom is -0.462 e. The van der Waals surface area contributed by atoms with E-state index in [0.29, 0.717) is 18.0 Å². The molecule has 0 N–H and O–H groups in total. The number of aromatic nitrogens is 3. The summed E-state index contributed by atoms with van der Waals surface area (Å²) in [6.45, 7) is 8.78. The minimum absolute atomic E-state index is 0.219. The smallest absolute Gasteiger partial charge is 0.341 e. The van der Waals surface area contributed by atoms with Crippen molar-refractivity contribution < 1.29 is 14.3 Å². The molecular weight excluding hydrogens is 320 g/mol. The lowest BCUT2D eigenvalue weighted by Crippen LogP contribution is -2.44. The van der Waals surface area contributed by atoms with Gasteiger partial charge in [0.15, 0.2) is 5.82 Å². The Morgan fingerprint density at radius 1 is 1.32 bits per heavy atom. The van der Waals surface area contributed by atoms with Crippen molar-refractivity contribution in [3.8, 4) is 5.82 Å². The Hall–Kier alpha value is -2.25. The molecule has 0 aromatic carbocycles. The van der Waals surface area contributed by atoms with Gasteiger partial charge < -0.3 is 9.47 Å². The van der Waals surface area contributed by atoms with E-state index < -0.39 is 5.97 Å². The average Bonchev–Trinajstić information content (AvgIpc) is 3.02. The van der Waals surface area contributed by atoms with E-state index in [1.54, 1.807) is 29.9 Å². The molecule has 0 spiro atoms. The zero-order chi connectivity index (χ0) is 17.8. The molecule has 1 aliphatic heterocycles. The molecule has 1 fully saturated rings. The number of pyridine rings is 1. The van der Waals surface area contributed by atoms with Crippen LogP contribution >= 0.6 is 0 Å². The molecular formula is C18H24N4O3. The normalized spacial score (nSPS) is 21.2. The SMILES string of the molecule is CCOC(=O)c1cccnc1-n1ccc(CN2C[C@@H](C)O[C@H](C)C2)n1. The summed E-state index contributed by atoms with van der Waals surface area (Å²) in [5, 5.41) is 4.59. The minimum atomic E-state index is -0.390. The second-order valence-corrected chi connectivity index (χ2v) is 6.30. The fourth-order valence-corrected chi connectivity index (χ4v) is 3.15. The van der Waals surface area contributed by atoms with Gasteiger partial charge in [-0.2, -0.15) is 5.10 Å². The monoisotopic (exact) mass is 344 g/mol. The Balaban J connectivity index is 1.77. The quantitative estimate of drug-likeness (QED) is 0.773. The summed E-state index contributed by atoms with van der Waals surface area (Å²) >= 11 is 0. The highest BCUT2D eigenvalue weighted by Gasteiger charge is 2.23. The van der Waals surface area contributed by atoms with Crippen molar-refractivity contribution in [1.29, 1.82) is 0 Å². The van der Waals surface area contributed by atoms with E-state index in [-0.39, 0.29) is 12.2 Å². The number of esters is 1. The van der Waals surface area contributed by atoms with Crippen LogP contribution in [0.1, 0.15) is 36.8 Å². The van der Waals surface area contributed by atoms with Gasteiger partial charge in [0.25, 0.3) is 0 Å². The molecule has 0 radical (unpaired) electrons. The van der Waals surface area contributed by atoms with Crippen LogP contribution in [0.2, 0.25) is 0 Å². The Labute approximate surface area is 147 Å². The zero-order valence-corrected chi connectivity index (χ0v) is 14.9. The first-order chi connectivity index (χ1) is 12.1. The van der Waals surface area contributed by atoms with E-state index in [9.17, 15) is 4.79 Å². The van der Waals surface area contributed by atoms with E-state index in [2.05, 4.69) is 28.8 Å². The third kappa shape index (κ3) is 4.24. The number of nitrogens with zero attached hydrogens (tertiary/aromatic N) is 4. The van der Waals surface area contributed by atoms with Crippen LogP contribution in [0.4, 0.5) is 0 Å². The molecule has 7 heteroatoms. The van der Waals surface area contributed by atoms with Gasteiger partial charge in [-0.15, -0.1) is 0 Å². The highest BCUT2D eigenvalue weighted by Crippen LogP contribution is 2.16. The van der Waals surface area contributed by atoms with Gasteiger partial charge in [0.2, 0.25) is 0 Å². The zero-order valence-electron chi connectivity index (χ0n) is 14.9. The maximum absolute atomic E-state index is 12.1. The molecule has 3 rings (SSSR count). The molecule has 0 bridgehead atoms. The molecule has 2 atom stereocenters. The molecule has 3 heterocycles. The first-order valence-electron chi connectivity index (χ1n) is 8.61. The lowest BCUT2D eigenvalue weighted by Gasteiger charge is -2.34.